The molecule has 0 fully saturated rings. The van der Waals surface area contributed by atoms with Crippen molar-refractivity contribution in [2.75, 3.05) is 6.61 Å². The molecule has 2 aromatic rings. The van der Waals surface area contributed by atoms with Crippen LogP contribution in [0.15, 0.2) is 47.6 Å². The van der Waals surface area contributed by atoms with Crippen LogP contribution < -0.4 is 15.6 Å². The van der Waals surface area contributed by atoms with E-state index < -0.39 is 34.1 Å². The number of benzene rings is 1. The zero-order chi connectivity index (χ0) is 19.2. The fraction of sp³-hybridized carbons (Fsp3) is 0.188. The van der Waals surface area contributed by atoms with E-state index in [1.54, 1.807) is 12.1 Å². The number of amides is 2. The first-order chi connectivity index (χ1) is 12.3. The topological polar surface area (TPSA) is 80.3 Å². The molecule has 138 valence electrons. The van der Waals surface area contributed by atoms with Crippen LogP contribution in [0.4, 0.5) is 13.2 Å². The fourth-order valence-electron chi connectivity index (χ4n) is 1.88. The van der Waals surface area contributed by atoms with Crippen LogP contribution in [0.5, 0.6) is 5.75 Å². The number of rotatable bonds is 5. The smallest absolute Gasteiger partial charge is 0.447 e. The molecule has 0 aliphatic rings. The number of alkyl halides is 3. The fourth-order valence-corrected chi connectivity index (χ4v) is 2.48. The molecule has 0 aliphatic carbocycles. The van der Waals surface area contributed by atoms with Crippen LogP contribution in [-0.4, -0.2) is 28.9 Å². The Morgan fingerprint density at radius 2 is 1.77 bits per heavy atom. The minimum absolute atomic E-state index is 0.241. The van der Waals surface area contributed by atoms with Gasteiger partial charge in [-0.05, 0) is 43.3 Å². The highest BCUT2D eigenvalue weighted by atomic mass is 32.2. The molecule has 0 atom stereocenters. The Balaban J connectivity index is 2.01. The normalized spacial score (nSPS) is 10.9. The minimum atomic E-state index is -4.59. The molecule has 10 heteroatoms. The number of hydrazine groups is 1. The lowest BCUT2D eigenvalue weighted by Crippen LogP contribution is -2.41. The van der Waals surface area contributed by atoms with E-state index in [4.69, 9.17) is 4.74 Å². The van der Waals surface area contributed by atoms with Gasteiger partial charge in [0.15, 0.2) is 0 Å². The molecule has 0 radical (unpaired) electrons. The molecule has 1 heterocycles. The largest absolute Gasteiger partial charge is 0.494 e. The molecule has 0 saturated carbocycles. The van der Waals surface area contributed by atoms with E-state index >= 15 is 0 Å². The third-order valence-electron chi connectivity index (χ3n) is 2.95. The standard InChI is InChI=1S/C16H14F3N3O3S/c1-2-25-11-7-5-10(6-8-11)13(23)21-22-14(24)12-4-3-9-20-15(12)26-16(17,18)19/h3-9H,2H2,1H3,(H,21,23)(H,22,24). The third kappa shape index (κ3) is 5.66. The van der Waals surface area contributed by atoms with E-state index in [2.05, 4.69) is 15.8 Å². The van der Waals surface area contributed by atoms with Gasteiger partial charge in [-0.1, -0.05) is 0 Å². The van der Waals surface area contributed by atoms with Crippen molar-refractivity contribution in [2.45, 2.75) is 17.5 Å². The number of halogens is 3. The van der Waals surface area contributed by atoms with Crippen LogP contribution in [0.25, 0.3) is 0 Å². The molecule has 0 spiro atoms. The van der Waals surface area contributed by atoms with E-state index in [9.17, 15) is 22.8 Å². The zero-order valence-corrected chi connectivity index (χ0v) is 14.3. The summed E-state index contributed by atoms with van der Waals surface area (Å²) >= 11 is -0.506. The maximum Gasteiger partial charge on any atom is 0.447 e. The van der Waals surface area contributed by atoms with E-state index in [0.717, 1.165) is 6.20 Å². The van der Waals surface area contributed by atoms with Gasteiger partial charge in [0.2, 0.25) is 0 Å². The Bertz CT molecular complexity index is 782. The van der Waals surface area contributed by atoms with Gasteiger partial charge in [0.25, 0.3) is 11.8 Å². The van der Waals surface area contributed by atoms with Crippen molar-refractivity contribution in [3.8, 4) is 5.75 Å². The summed E-state index contributed by atoms with van der Waals surface area (Å²) < 4.78 is 42.8. The van der Waals surface area contributed by atoms with Crippen LogP contribution in [0, 0.1) is 0 Å². The highest BCUT2D eigenvalue weighted by Crippen LogP contribution is 2.37. The highest BCUT2D eigenvalue weighted by molar-refractivity contribution is 8.00. The number of nitrogens with zero attached hydrogens (tertiary/aromatic N) is 1. The van der Waals surface area contributed by atoms with Crippen molar-refractivity contribution in [1.29, 1.82) is 0 Å². The van der Waals surface area contributed by atoms with E-state index in [0.29, 0.717) is 12.4 Å². The van der Waals surface area contributed by atoms with Crippen molar-refractivity contribution in [3.05, 3.63) is 53.7 Å². The van der Waals surface area contributed by atoms with Gasteiger partial charge in [-0.3, -0.25) is 20.4 Å². The Morgan fingerprint density at radius 1 is 1.12 bits per heavy atom. The lowest BCUT2D eigenvalue weighted by atomic mass is 10.2. The van der Waals surface area contributed by atoms with Crippen molar-refractivity contribution >= 4 is 23.6 Å². The zero-order valence-electron chi connectivity index (χ0n) is 13.5. The summed E-state index contributed by atoms with van der Waals surface area (Å²) in [5, 5.41) is -0.507. The van der Waals surface area contributed by atoms with E-state index in [-0.39, 0.29) is 11.1 Å². The highest BCUT2D eigenvalue weighted by Gasteiger charge is 2.32. The average molecular weight is 385 g/mol. The van der Waals surface area contributed by atoms with Gasteiger partial charge in [-0.2, -0.15) is 13.2 Å². The summed E-state index contributed by atoms with van der Waals surface area (Å²) in [7, 11) is 0. The van der Waals surface area contributed by atoms with Crippen LogP contribution in [0.1, 0.15) is 27.6 Å². The Labute approximate surface area is 151 Å². The van der Waals surface area contributed by atoms with Crippen molar-refractivity contribution in [3.63, 3.8) is 0 Å². The molecule has 0 aliphatic heterocycles. The maximum atomic E-state index is 12.5. The molecular weight excluding hydrogens is 371 g/mol. The van der Waals surface area contributed by atoms with Crippen molar-refractivity contribution in [1.82, 2.24) is 15.8 Å². The molecule has 0 bridgehead atoms. The number of pyridine rings is 1. The van der Waals surface area contributed by atoms with Crippen molar-refractivity contribution in [2.24, 2.45) is 0 Å². The molecule has 2 rings (SSSR count). The molecule has 1 aromatic heterocycles. The average Bonchev–Trinajstić information content (AvgIpc) is 2.59. The van der Waals surface area contributed by atoms with Crippen LogP contribution in [0.3, 0.4) is 0 Å². The predicted molar refractivity (Wildman–Crippen MR) is 88.7 cm³/mol. The number of thioether (sulfide) groups is 1. The molecule has 1 aromatic carbocycles. The Hall–Kier alpha value is -2.75. The summed E-state index contributed by atoms with van der Waals surface area (Å²) in [5.41, 5.74) is -0.438. The number of carbonyl (C=O) groups excluding carboxylic acids is 2. The number of aromatic nitrogens is 1. The summed E-state index contributed by atoms with van der Waals surface area (Å²) in [6, 6.07) is 8.64. The first-order valence-electron chi connectivity index (χ1n) is 7.34. The second-order valence-corrected chi connectivity index (χ2v) is 5.82. The number of carbonyl (C=O) groups is 2. The third-order valence-corrected chi connectivity index (χ3v) is 3.70. The second kappa shape index (κ2) is 8.56. The summed E-state index contributed by atoms with van der Waals surface area (Å²) in [6.07, 6.45) is 1.14. The first-order valence-corrected chi connectivity index (χ1v) is 8.16. The van der Waals surface area contributed by atoms with Gasteiger partial charge in [-0.15, -0.1) is 0 Å². The first kappa shape index (κ1) is 19.6. The SMILES string of the molecule is CCOc1ccc(C(=O)NNC(=O)c2cccnc2SC(F)(F)F)cc1. The Kier molecular flexibility index (Phi) is 6.45. The second-order valence-electron chi connectivity index (χ2n) is 4.77. The number of hydrogen-bond donors (Lipinski definition) is 2. The molecular formula is C16H14F3N3O3S. The van der Waals surface area contributed by atoms with Crippen molar-refractivity contribution < 1.29 is 27.5 Å². The minimum Gasteiger partial charge on any atom is -0.494 e. The lowest BCUT2D eigenvalue weighted by molar-refractivity contribution is -0.0329. The molecule has 0 unspecified atom stereocenters. The molecule has 2 N–H and O–H groups in total. The van der Waals surface area contributed by atoms with Gasteiger partial charge in [0.05, 0.1) is 12.2 Å². The lowest BCUT2D eigenvalue weighted by Gasteiger charge is -2.11. The summed E-state index contributed by atoms with van der Waals surface area (Å²) in [5.74, 6) is -0.961. The molecule has 0 saturated heterocycles. The van der Waals surface area contributed by atoms with Crippen LogP contribution >= 0.6 is 11.8 Å². The van der Waals surface area contributed by atoms with Gasteiger partial charge in [0.1, 0.15) is 10.8 Å². The van der Waals surface area contributed by atoms with Gasteiger partial charge < -0.3 is 4.74 Å². The van der Waals surface area contributed by atoms with Gasteiger partial charge in [-0.25, -0.2) is 4.98 Å². The predicted octanol–water partition coefficient (Wildman–Crippen LogP) is 3.17. The Morgan fingerprint density at radius 3 is 2.38 bits per heavy atom. The molecule has 2 amide bonds. The van der Waals surface area contributed by atoms with E-state index in [1.807, 2.05) is 6.92 Å². The van der Waals surface area contributed by atoms with Crippen LogP contribution in [-0.2, 0) is 0 Å². The molecule has 26 heavy (non-hydrogen) atoms. The summed E-state index contributed by atoms with van der Waals surface area (Å²) in [4.78, 5) is 27.6. The number of nitrogens with one attached hydrogen (secondary N) is 2. The van der Waals surface area contributed by atoms with E-state index in [1.165, 1.54) is 24.3 Å². The molecule has 6 nitrogen and oxygen atoms in total. The van der Waals surface area contributed by atoms with Gasteiger partial charge >= 0.3 is 5.51 Å². The quantitative estimate of drug-likeness (QED) is 0.611. The number of hydrogen-bond acceptors (Lipinski definition) is 5. The number of ether oxygens (including phenoxy) is 1. The monoisotopic (exact) mass is 385 g/mol. The maximum absolute atomic E-state index is 12.5. The van der Waals surface area contributed by atoms with Gasteiger partial charge in [0, 0.05) is 23.5 Å². The van der Waals surface area contributed by atoms with Crippen LogP contribution in [0.2, 0.25) is 0 Å². The summed E-state index contributed by atoms with van der Waals surface area (Å²) in [6.45, 7) is 2.30.